The van der Waals surface area contributed by atoms with Crippen LogP contribution in [0.1, 0.15) is 0 Å². The fourth-order valence-electron chi connectivity index (χ4n) is 0.804. The predicted octanol–water partition coefficient (Wildman–Crippen LogP) is 3.04. The van der Waals surface area contributed by atoms with Gasteiger partial charge in [-0.05, 0) is 34.2 Å². The van der Waals surface area contributed by atoms with Gasteiger partial charge in [0.15, 0.2) is 16.7 Å². The highest BCUT2D eigenvalue weighted by Gasteiger charge is 2.15. The van der Waals surface area contributed by atoms with Gasteiger partial charge in [-0.1, -0.05) is 11.6 Å². The molecular formula is C7H4BrClF2N2S. The average Bonchev–Trinajstić information content (AvgIpc) is 2.09. The predicted molar refractivity (Wildman–Crippen MR) is 59.5 cm³/mol. The second-order valence-corrected chi connectivity index (χ2v) is 3.97. The topological polar surface area (TPSA) is 38.0 Å². The van der Waals surface area contributed by atoms with Crippen molar-refractivity contribution >= 4 is 50.5 Å². The van der Waals surface area contributed by atoms with Gasteiger partial charge < -0.3 is 11.1 Å². The van der Waals surface area contributed by atoms with Crippen LogP contribution in [-0.2, 0) is 0 Å². The monoisotopic (exact) mass is 300 g/mol. The third-order valence-corrected chi connectivity index (χ3v) is 2.51. The van der Waals surface area contributed by atoms with E-state index >= 15 is 0 Å². The minimum absolute atomic E-state index is 0.0106. The first-order valence-electron chi connectivity index (χ1n) is 3.33. The molecule has 0 aliphatic rings. The largest absolute Gasteiger partial charge is 0.376 e. The maximum Gasteiger partial charge on any atom is 0.175 e. The molecule has 0 spiro atoms. The molecular weight excluding hydrogens is 298 g/mol. The maximum absolute atomic E-state index is 13.0. The van der Waals surface area contributed by atoms with Gasteiger partial charge >= 0.3 is 0 Å². The Balaban J connectivity index is 3.29. The van der Waals surface area contributed by atoms with E-state index in [2.05, 4.69) is 33.5 Å². The third-order valence-electron chi connectivity index (χ3n) is 1.36. The Labute approximate surface area is 97.5 Å². The zero-order valence-corrected chi connectivity index (χ0v) is 9.73. The summed E-state index contributed by atoms with van der Waals surface area (Å²) in [5, 5.41) is 2.34. The number of benzene rings is 1. The number of hydrogen-bond donors (Lipinski definition) is 2. The molecule has 1 aromatic rings. The summed E-state index contributed by atoms with van der Waals surface area (Å²) in [6.45, 7) is 0. The number of halogens is 4. The molecule has 2 nitrogen and oxygen atoms in total. The lowest BCUT2D eigenvalue weighted by molar-refractivity contribution is 0.505. The maximum atomic E-state index is 13.0. The van der Waals surface area contributed by atoms with Crippen molar-refractivity contribution in [1.29, 1.82) is 0 Å². The molecule has 0 amide bonds. The van der Waals surface area contributed by atoms with E-state index in [0.29, 0.717) is 0 Å². The number of rotatable bonds is 1. The lowest BCUT2D eigenvalue weighted by atomic mass is 10.3. The van der Waals surface area contributed by atoms with E-state index in [1.807, 2.05) is 0 Å². The minimum atomic E-state index is -1.05. The normalized spacial score (nSPS) is 10.0. The highest BCUT2D eigenvalue weighted by atomic mass is 79.9. The lowest BCUT2D eigenvalue weighted by Gasteiger charge is -2.09. The van der Waals surface area contributed by atoms with Crippen molar-refractivity contribution in [3.8, 4) is 0 Å². The molecule has 0 saturated carbocycles. The second-order valence-electron chi connectivity index (χ2n) is 2.33. The first kappa shape index (κ1) is 11.6. The highest BCUT2D eigenvalue weighted by Crippen LogP contribution is 2.34. The molecule has 0 aliphatic heterocycles. The van der Waals surface area contributed by atoms with Gasteiger partial charge in [-0.2, -0.15) is 0 Å². The number of thiocarbonyl (C=S) groups is 1. The van der Waals surface area contributed by atoms with Crippen LogP contribution in [0.15, 0.2) is 10.5 Å². The average molecular weight is 302 g/mol. The SMILES string of the molecule is NC(=S)Nc1c(Cl)cc(F)c(F)c1Br. The zero-order valence-electron chi connectivity index (χ0n) is 6.57. The van der Waals surface area contributed by atoms with Crippen LogP contribution in [-0.4, -0.2) is 5.11 Å². The summed E-state index contributed by atoms with van der Waals surface area (Å²) in [6.07, 6.45) is 0. The summed E-state index contributed by atoms with van der Waals surface area (Å²) in [6, 6.07) is 0.836. The first-order chi connectivity index (χ1) is 6.43. The Hall–Kier alpha value is -0.460. The fraction of sp³-hybridized carbons (Fsp3) is 0. The zero-order chi connectivity index (χ0) is 10.9. The Bertz CT molecular complexity index is 400. The van der Waals surface area contributed by atoms with E-state index in [9.17, 15) is 8.78 Å². The van der Waals surface area contributed by atoms with Gasteiger partial charge in [0.2, 0.25) is 0 Å². The molecule has 14 heavy (non-hydrogen) atoms. The van der Waals surface area contributed by atoms with Crippen molar-refractivity contribution in [3.05, 3.63) is 27.2 Å². The van der Waals surface area contributed by atoms with E-state index in [-0.39, 0.29) is 20.3 Å². The molecule has 1 aromatic carbocycles. The quantitative estimate of drug-likeness (QED) is 0.476. The Morgan fingerprint density at radius 3 is 2.64 bits per heavy atom. The molecule has 0 aliphatic carbocycles. The van der Waals surface area contributed by atoms with Crippen molar-refractivity contribution < 1.29 is 8.78 Å². The van der Waals surface area contributed by atoms with Crippen molar-refractivity contribution in [2.45, 2.75) is 0 Å². The molecule has 0 bridgehead atoms. The third kappa shape index (κ3) is 2.31. The number of nitrogens with one attached hydrogen (secondary N) is 1. The molecule has 3 N–H and O–H groups in total. The van der Waals surface area contributed by atoms with Crippen LogP contribution in [0.5, 0.6) is 0 Å². The van der Waals surface area contributed by atoms with Crippen LogP contribution < -0.4 is 11.1 Å². The van der Waals surface area contributed by atoms with E-state index < -0.39 is 11.6 Å². The van der Waals surface area contributed by atoms with E-state index in [0.717, 1.165) is 6.07 Å². The van der Waals surface area contributed by atoms with Crippen LogP contribution in [0.25, 0.3) is 0 Å². The Kier molecular flexibility index (Phi) is 3.63. The summed E-state index contributed by atoms with van der Waals surface area (Å²) in [5.74, 6) is -2.09. The summed E-state index contributed by atoms with van der Waals surface area (Å²) in [4.78, 5) is 0. The minimum Gasteiger partial charge on any atom is -0.376 e. The molecule has 7 heteroatoms. The van der Waals surface area contributed by atoms with Crippen molar-refractivity contribution in [3.63, 3.8) is 0 Å². The van der Waals surface area contributed by atoms with E-state index in [1.54, 1.807) is 0 Å². The van der Waals surface area contributed by atoms with Crippen molar-refractivity contribution in [1.82, 2.24) is 0 Å². The standard InChI is InChI=1S/C7H4BrClF2N2S/c8-4-5(11)3(10)1-2(9)6(4)13-7(12)14/h1H,(H3,12,13,14). The summed E-state index contributed by atoms with van der Waals surface area (Å²) in [5.41, 5.74) is 5.28. The molecule has 76 valence electrons. The first-order valence-corrected chi connectivity index (χ1v) is 4.91. The van der Waals surface area contributed by atoms with Crippen LogP contribution in [0.3, 0.4) is 0 Å². The molecule has 0 saturated heterocycles. The summed E-state index contributed by atoms with van der Waals surface area (Å²) in [7, 11) is 0. The Morgan fingerprint density at radius 1 is 1.57 bits per heavy atom. The number of hydrogen-bond acceptors (Lipinski definition) is 1. The molecule has 0 aromatic heterocycles. The molecule has 0 unspecified atom stereocenters. The summed E-state index contributed by atoms with van der Waals surface area (Å²) < 4.78 is 25.7. The van der Waals surface area contributed by atoms with Crippen molar-refractivity contribution in [2.75, 3.05) is 5.32 Å². The van der Waals surface area contributed by atoms with Gasteiger partial charge in [0, 0.05) is 0 Å². The molecule has 0 heterocycles. The summed E-state index contributed by atoms with van der Waals surface area (Å²) >= 11 is 13.0. The van der Waals surface area contributed by atoms with Gasteiger partial charge in [-0.3, -0.25) is 0 Å². The van der Waals surface area contributed by atoms with Crippen LogP contribution in [0, 0.1) is 11.6 Å². The molecule has 0 atom stereocenters. The molecule has 0 fully saturated rings. The van der Waals surface area contributed by atoms with Gasteiger partial charge in [0.1, 0.15) is 0 Å². The van der Waals surface area contributed by atoms with Crippen molar-refractivity contribution in [2.24, 2.45) is 5.73 Å². The van der Waals surface area contributed by atoms with E-state index in [4.69, 9.17) is 17.3 Å². The van der Waals surface area contributed by atoms with Gasteiger partial charge in [-0.25, -0.2) is 8.78 Å². The van der Waals surface area contributed by atoms with Gasteiger partial charge in [-0.15, -0.1) is 0 Å². The highest BCUT2D eigenvalue weighted by molar-refractivity contribution is 9.10. The molecule has 1 rings (SSSR count). The van der Waals surface area contributed by atoms with Gasteiger partial charge in [0.05, 0.1) is 15.2 Å². The van der Waals surface area contributed by atoms with Crippen LogP contribution in [0.4, 0.5) is 14.5 Å². The van der Waals surface area contributed by atoms with E-state index in [1.165, 1.54) is 0 Å². The lowest BCUT2D eigenvalue weighted by Crippen LogP contribution is -2.19. The van der Waals surface area contributed by atoms with Crippen LogP contribution >= 0.6 is 39.7 Å². The number of nitrogens with two attached hydrogens (primary N) is 1. The Morgan fingerprint density at radius 2 is 2.14 bits per heavy atom. The van der Waals surface area contributed by atoms with Gasteiger partial charge in [0.25, 0.3) is 0 Å². The fourth-order valence-corrected chi connectivity index (χ4v) is 1.76. The smallest absolute Gasteiger partial charge is 0.175 e. The molecule has 0 radical (unpaired) electrons. The van der Waals surface area contributed by atoms with Crippen LogP contribution in [0.2, 0.25) is 5.02 Å². The number of anilines is 1. The second kappa shape index (κ2) is 4.37.